The summed E-state index contributed by atoms with van der Waals surface area (Å²) in [5, 5.41) is 14.5. The molecule has 0 aliphatic carbocycles. The smallest absolute Gasteiger partial charge is 0.174 e. The van der Waals surface area contributed by atoms with Crippen molar-refractivity contribution in [2.24, 2.45) is 0 Å². The van der Waals surface area contributed by atoms with Crippen LogP contribution in [0.2, 0.25) is 5.02 Å². The number of nitrogens with zero attached hydrogens (tertiary/aromatic N) is 6. The molecule has 0 aliphatic heterocycles. The van der Waals surface area contributed by atoms with E-state index in [0.717, 1.165) is 41.0 Å². The molecule has 3 heterocycles. The molecule has 3 aromatic heterocycles. The molecule has 0 aliphatic rings. The fourth-order valence-corrected chi connectivity index (χ4v) is 2.74. The Morgan fingerprint density at radius 1 is 1.18 bits per heavy atom. The van der Waals surface area contributed by atoms with Gasteiger partial charge in [-0.1, -0.05) is 24.6 Å². The predicted molar refractivity (Wildman–Crippen MR) is 84.4 cm³/mol. The first-order valence-electron chi connectivity index (χ1n) is 7.10. The van der Waals surface area contributed by atoms with Crippen molar-refractivity contribution < 1.29 is 0 Å². The highest BCUT2D eigenvalue weighted by atomic mass is 35.5. The monoisotopic (exact) mass is 312 g/mol. The van der Waals surface area contributed by atoms with Gasteiger partial charge in [-0.2, -0.15) is 5.10 Å². The van der Waals surface area contributed by atoms with Crippen molar-refractivity contribution in [2.75, 3.05) is 0 Å². The molecule has 7 heteroatoms. The molecular formula is C15H13ClN6. The Labute approximate surface area is 131 Å². The summed E-state index contributed by atoms with van der Waals surface area (Å²) in [7, 11) is 0. The zero-order chi connectivity index (χ0) is 15.1. The van der Waals surface area contributed by atoms with Crippen molar-refractivity contribution in [1.82, 2.24) is 29.4 Å². The third-order valence-electron chi connectivity index (χ3n) is 3.57. The Hall–Kier alpha value is -2.47. The van der Waals surface area contributed by atoms with Gasteiger partial charge in [0.25, 0.3) is 0 Å². The van der Waals surface area contributed by atoms with Crippen LogP contribution < -0.4 is 0 Å². The maximum Gasteiger partial charge on any atom is 0.174 e. The molecule has 0 fully saturated rings. The maximum absolute atomic E-state index is 6.06. The maximum atomic E-state index is 6.06. The largest absolute Gasteiger partial charge is 0.269 e. The van der Waals surface area contributed by atoms with E-state index in [1.165, 1.54) is 0 Å². The summed E-state index contributed by atoms with van der Waals surface area (Å²) in [6.45, 7) is 2.12. The quantitative estimate of drug-likeness (QED) is 0.583. The molecule has 0 saturated heterocycles. The molecule has 4 aromatic rings. The standard InChI is InChI=1S/C15H13ClN6/c1-2-4-13-19-20-15-12-8-18-22(14(12)17-9-21(13)15)11-6-3-5-10(16)7-11/h3,5-9H,2,4H2,1H3. The number of benzene rings is 1. The minimum absolute atomic E-state index is 0.662. The average Bonchev–Trinajstić information content (AvgIpc) is 3.11. The van der Waals surface area contributed by atoms with Crippen LogP contribution >= 0.6 is 11.6 Å². The molecule has 4 rings (SSSR count). The van der Waals surface area contributed by atoms with E-state index in [-0.39, 0.29) is 0 Å². The molecule has 0 atom stereocenters. The van der Waals surface area contributed by atoms with Crippen LogP contribution in [0.3, 0.4) is 0 Å². The van der Waals surface area contributed by atoms with Crippen LogP contribution in [-0.2, 0) is 6.42 Å². The molecule has 6 nitrogen and oxygen atoms in total. The number of aromatic nitrogens is 6. The van der Waals surface area contributed by atoms with Crippen LogP contribution in [0.1, 0.15) is 19.2 Å². The highest BCUT2D eigenvalue weighted by Gasteiger charge is 2.13. The molecule has 0 amide bonds. The fraction of sp³-hybridized carbons (Fsp3) is 0.200. The Kier molecular flexibility index (Phi) is 3.04. The molecule has 0 spiro atoms. The fourth-order valence-electron chi connectivity index (χ4n) is 2.56. The van der Waals surface area contributed by atoms with Gasteiger partial charge in [0.05, 0.1) is 17.3 Å². The summed E-state index contributed by atoms with van der Waals surface area (Å²) in [6, 6.07) is 7.51. The Balaban J connectivity index is 1.95. The Morgan fingerprint density at radius 3 is 2.91 bits per heavy atom. The zero-order valence-electron chi connectivity index (χ0n) is 11.9. The lowest BCUT2D eigenvalue weighted by Gasteiger charge is -2.03. The minimum atomic E-state index is 0.662. The lowest BCUT2D eigenvalue weighted by atomic mass is 10.3. The van der Waals surface area contributed by atoms with Crippen LogP contribution in [-0.4, -0.2) is 29.4 Å². The van der Waals surface area contributed by atoms with E-state index in [0.29, 0.717) is 5.02 Å². The van der Waals surface area contributed by atoms with Gasteiger partial charge >= 0.3 is 0 Å². The van der Waals surface area contributed by atoms with Crippen molar-refractivity contribution in [3.8, 4) is 5.69 Å². The highest BCUT2D eigenvalue weighted by Crippen LogP contribution is 2.22. The Bertz CT molecular complexity index is 971. The van der Waals surface area contributed by atoms with E-state index in [1.54, 1.807) is 17.2 Å². The van der Waals surface area contributed by atoms with Crippen molar-refractivity contribution in [3.63, 3.8) is 0 Å². The van der Waals surface area contributed by atoms with Gasteiger partial charge in [-0.05, 0) is 24.6 Å². The van der Waals surface area contributed by atoms with Crippen LogP contribution in [0.25, 0.3) is 22.4 Å². The van der Waals surface area contributed by atoms with Gasteiger partial charge in [-0.25, -0.2) is 9.67 Å². The normalized spacial score (nSPS) is 11.5. The van der Waals surface area contributed by atoms with Crippen molar-refractivity contribution in [1.29, 1.82) is 0 Å². The molecular weight excluding hydrogens is 300 g/mol. The molecule has 0 radical (unpaired) electrons. The Morgan fingerprint density at radius 2 is 2.09 bits per heavy atom. The number of hydrogen-bond acceptors (Lipinski definition) is 4. The second-order valence-electron chi connectivity index (χ2n) is 5.08. The van der Waals surface area contributed by atoms with Gasteiger partial charge in [0.15, 0.2) is 11.3 Å². The highest BCUT2D eigenvalue weighted by molar-refractivity contribution is 6.30. The van der Waals surface area contributed by atoms with Crippen molar-refractivity contribution >= 4 is 28.3 Å². The number of fused-ring (bicyclic) bond motifs is 3. The zero-order valence-corrected chi connectivity index (χ0v) is 12.7. The van der Waals surface area contributed by atoms with Gasteiger partial charge in [-0.3, -0.25) is 4.40 Å². The first-order chi connectivity index (χ1) is 10.8. The van der Waals surface area contributed by atoms with Crippen molar-refractivity contribution in [3.05, 3.63) is 47.6 Å². The van der Waals surface area contributed by atoms with Crippen LogP contribution in [0, 0.1) is 0 Å². The SMILES string of the molecule is CCCc1nnc2c3cnn(-c4cccc(Cl)c4)c3ncn12. The minimum Gasteiger partial charge on any atom is -0.269 e. The summed E-state index contributed by atoms with van der Waals surface area (Å²) in [4.78, 5) is 4.53. The van der Waals surface area contributed by atoms with Gasteiger partial charge in [0, 0.05) is 11.4 Å². The second kappa shape index (κ2) is 5.06. The van der Waals surface area contributed by atoms with Crippen LogP contribution in [0.15, 0.2) is 36.8 Å². The predicted octanol–water partition coefficient (Wildman–Crippen LogP) is 3.07. The molecule has 0 bridgehead atoms. The van der Waals surface area contributed by atoms with E-state index in [1.807, 2.05) is 28.7 Å². The topological polar surface area (TPSA) is 60.9 Å². The number of aryl methyl sites for hydroxylation is 1. The average molecular weight is 313 g/mol. The summed E-state index contributed by atoms with van der Waals surface area (Å²) >= 11 is 6.06. The number of rotatable bonds is 3. The van der Waals surface area contributed by atoms with Gasteiger partial charge in [0.1, 0.15) is 12.2 Å². The summed E-state index contributed by atoms with van der Waals surface area (Å²) in [5.74, 6) is 0.919. The van der Waals surface area contributed by atoms with E-state index in [2.05, 4.69) is 27.2 Å². The summed E-state index contributed by atoms with van der Waals surface area (Å²) < 4.78 is 3.69. The number of hydrogen-bond donors (Lipinski definition) is 0. The second-order valence-corrected chi connectivity index (χ2v) is 5.51. The van der Waals surface area contributed by atoms with E-state index >= 15 is 0 Å². The van der Waals surface area contributed by atoms with Crippen molar-refractivity contribution in [2.45, 2.75) is 19.8 Å². The van der Waals surface area contributed by atoms with E-state index in [9.17, 15) is 0 Å². The van der Waals surface area contributed by atoms with Gasteiger partial charge in [0.2, 0.25) is 0 Å². The van der Waals surface area contributed by atoms with Crippen LogP contribution in [0.5, 0.6) is 0 Å². The molecule has 0 unspecified atom stereocenters. The third kappa shape index (κ3) is 1.95. The first kappa shape index (κ1) is 13.2. The molecule has 22 heavy (non-hydrogen) atoms. The van der Waals surface area contributed by atoms with E-state index < -0.39 is 0 Å². The van der Waals surface area contributed by atoms with Crippen LogP contribution in [0.4, 0.5) is 0 Å². The molecule has 0 N–H and O–H groups in total. The van der Waals surface area contributed by atoms with Gasteiger partial charge in [-0.15, -0.1) is 10.2 Å². The van der Waals surface area contributed by atoms with E-state index in [4.69, 9.17) is 11.6 Å². The summed E-state index contributed by atoms with van der Waals surface area (Å²) in [6.07, 6.45) is 5.41. The molecule has 110 valence electrons. The third-order valence-corrected chi connectivity index (χ3v) is 3.81. The molecule has 1 aromatic carbocycles. The lowest BCUT2D eigenvalue weighted by Crippen LogP contribution is -1.99. The summed E-state index contributed by atoms with van der Waals surface area (Å²) in [5.41, 5.74) is 2.39. The first-order valence-corrected chi connectivity index (χ1v) is 7.48. The van der Waals surface area contributed by atoms with Gasteiger partial charge < -0.3 is 0 Å². The molecule has 0 saturated carbocycles. The number of halogens is 1. The lowest BCUT2D eigenvalue weighted by molar-refractivity contribution is 0.812.